The summed E-state index contributed by atoms with van der Waals surface area (Å²) in [6.45, 7) is 4.08. The largest absolute Gasteiger partial charge is 0.497 e. The molecule has 1 amide bonds. The molecule has 1 N–H and O–H groups in total. The normalized spacial score (nSPS) is 10.8. The van der Waals surface area contributed by atoms with E-state index in [4.69, 9.17) is 4.74 Å². The van der Waals surface area contributed by atoms with Crippen LogP contribution in [0.25, 0.3) is 17.1 Å². The van der Waals surface area contributed by atoms with E-state index in [2.05, 4.69) is 27.4 Å². The molecular weight excluding hydrogens is 434 g/mol. The number of ether oxygens (including phenoxy) is 1. The quantitative estimate of drug-likeness (QED) is 0.376. The Balaban J connectivity index is 1.60. The van der Waals surface area contributed by atoms with Gasteiger partial charge in [0.15, 0.2) is 11.0 Å². The van der Waals surface area contributed by atoms with Crippen molar-refractivity contribution in [2.24, 2.45) is 0 Å². The highest BCUT2D eigenvalue weighted by molar-refractivity contribution is 7.99. The van der Waals surface area contributed by atoms with E-state index in [1.54, 1.807) is 19.5 Å². The number of pyridine rings is 1. The van der Waals surface area contributed by atoms with Crippen LogP contribution in [0.2, 0.25) is 0 Å². The van der Waals surface area contributed by atoms with Gasteiger partial charge in [-0.15, -0.1) is 10.2 Å². The van der Waals surface area contributed by atoms with Gasteiger partial charge in [0.1, 0.15) is 5.75 Å². The van der Waals surface area contributed by atoms with Crippen molar-refractivity contribution in [2.45, 2.75) is 25.4 Å². The molecule has 168 valence electrons. The molecular formula is C25H25N5O2S. The molecule has 2 heterocycles. The first kappa shape index (κ1) is 22.5. The third-order valence-corrected chi connectivity index (χ3v) is 6.15. The fourth-order valence-corrected chi connectivity index (χ4v) is 4.27. The molecule has 4 rings (SSSR count). The van der Waals surface area contributed by atoms with Crippen LogP contribution in [-0.4, -0.2) is 38.5 Å². The van der Waals surface area contributed by atoms with Gasteiger partial charge in [0.05, 0.1) is 12.9 Å². The molecule has 4 aromatic rings. The predicted molar refractivity (Wildman–Crippen MR) is 131 cm³/mol. The summed E-state index contributed by atoms with van der Waals surface area (Å²) in [5.74, 6) is 1.53. The molecule has 7 nitrogen and oxygen atoms in total. The van der Waals surface area contributed by atoms with Crippen LogP contribution >= 0.6 is 11.8 Å². The lowest BCUT2D eigenvalue weighted by Gasteiger charge is -2.13. The molecule has 0 radical (unpaired) electrons. The van der Waals surface area contributed by atoms with Crippen LogP contribution in [0, 0.1) is 6.92 Å². The molecule has 0 saturated heterocycles. The SMILES string of the molecule is CCc1cccc(C)c1NC(=O)CSc1nnc(-c2cccnc2)n1-c1ccc(OC)cc1. The van der Waals surface area contributed by atoms with Gasteiger partial charge < -0.3 is 10.1 Å². The van der Waals surface area contributed by atoms with Gasteiger partial charge in [-0.05, 0) is 60.9 Å². The highest BCUT2D eigenvalue weighted by Crippen LogP contribution is 2.29. The van der Waals surface area contributed by atoms with Crippen molar-refractivity contribution in [1.29, 1.82) is 0 Å². The minimum Gasteiger partial charge on any atom is -0.497 e. The molecule has 2 aromatic carbocycles. The number of amides is 1. The Hall–Kier alpha value is -3.65. The third-order valence-electron chi connectivity index (χ3n) is 5.22. The Morgan fingerprint density at radius 3 is 2.61 bits per heavy atom. The molecule has 0 aliphatic rings. The van der Waals surface area contributed by atoms with Crippen LogP contribution in [0.4, 0.5) is 5.69 Å². The van der Waals surface area contributed by atoms with E-state index in [9.17, 15) is 4.79 Å². The van der Waals surface area contributed by atoms with E-state index < -0.39 is 0 Å². The zero-order valence-corrected chi connectivity index (χ0v) is 19.6. The van der Waals surface area contributed by atoms with Crippen molar-refractivity contribution in [3.63, 3.8) is 0 Å². The number of nitrogens with zero attached hydrogens (tertiary/aromatic N) is 4. The first-order valence-electron chi connectivity index (χ1n) is 10.6. The van der Waals surface area contributed by atoms with E-state index in [0.29, 0.717) is 11.0 Å². The average Bonchev–Trinajstić information content (AvgIpc) is 3.28. The zero-order chi connectivity index (χ0) is 23.2. The lowest BCUT2D eigenvalue weighted by atomic mass is 10.1. The number of rotatable bonds is 8. The summed E-state index contributed by atoms with van der Waals surface area (Å²) in [6, 6.07) is 17.5. The third kappa shape index (κ3) is 5.06. The number of carbonyl (C=O) groups excluding carboxylic acids is 1. The number of methoxy groups -OCH3 is 1. The van der Waals surface area contributed by atoms with Gasteiger partial charge in [-0.2, -0.15) is 0 Å². The molecule has 8 heteroatoms. The molecule has 0 fully saturated rings. The molecule has 0 atom stereocenters. The summed E-state index contributed by atoms with van der Waals surface area (Å²) in [5.41, 5.74) is 4.76. The van der Waals surface area contributed by atoms with Crippen molar-refractivity contribution < 1.29 is 9.53 Å². The molecule has 0 aliphatic carbocycles. The van der Waals surface area contributed by atoms with Crippen molar-refractivity contribution in [2.75, 3.05) is 18.2 Å². The summed E-state index contributed by atoms with van der Waals surface area (Å²) >= 11 is 1.34. The van der Waals surface area contributed by atoms with Crippen LogP contribution < -0.4 is 10.1 Å². The Morgan fingerprint density at radius 2 is 1.91 bits per heavy atom. The Morgan fingerprint density at radius 1 is 1.09 bits per heavy atom. The fraction of sp³-hybridized carbons (Fsp3) is 0.200. The molecule has 0 spiro atoms. The van der Waals surface area contributed by atoms with Gasteiger partial charge in [0.25, 0.3) is 0 Å². The topological polar surface area (TPSA) is 81.9 Å². The minimum absolute atomic E-state index is 0.0868. The second kappa shape index (κ2) is 10.3. The maximum absolute atomic E-state index is 12.8. The highest BCUT2D eigenvalue weighted by Gasteiger charge is 2.18. The molecule has 0 saturated carbocycles. The molecule has 0 aliphatic heterocycles. The van der Waals surface area contributed by atoms with E-state index in [1.807, 2.05) is 66.1 Å². The van der Waals surface area contributed by atoms with Crippen LogP contribution in [0.5, 0.6) is 5.75 Å². The number of hydrogen-bond acceptors (Lipinski definition) is 6. The first-order valence-corrected chi connectivity index (χ1v) is 11.6. The second-order valence-corrected chi connectivity index (χ2v) is 8.32. The molecule has 2 aromatic heterocycles. The lowest BCUT2D eigenvalue weighted by Crippen LogP contribution is -2.16. The number of carbonyl (C=O) groups is 1. The summed E-state index contributed by atoms with van der Waals surface area (Å²) in [4.78, 5) is 17.0. The monoisotopic (exact) mass is 459 g/mol. The maximum atomic E-state index is 12.8. The van der Waals surface area contributed by atoms with E-state index in [1.165, 1.54) is 11.8 Å². The van der Waals surface area contributed by atoms with Gasteiger partial charge in [-0.3, -0.25) is 14.3 Å². The zero-order valence-electron chi connectivity index (χ0n) is 18.8. The number of hydrogen-bond donors (Lipinski definition) is 1. The average molecular weight is 460 g/mol. The Kier molecular flexibility index (Phi) is 7.04. The number of thioether (sulfide) groups is 1. The van der Waals surface area contributed by atoms with Gasteiger partial charge in [0.2, 0.25) is 5.91 Å². The van der Waals surface area contributed by atoms with Crippen LogP contribution in [0.15, 0.2) is 72.1 Å². The van der Waals surface area contributed by atoms with Gasteiger partial charge in [0, 0.05) is 29.3 Å². The second-order valence-electron chi connectivity index (χ2n) is 7.38. The summed E-state index contributed by atoms with van der Waals surface area (Å²) < 4.78 is 7.22. The number of aromatic nitrogens is 4. The smallest absolute Gasteiger partial charge is 0.234 e. The fourth-order valence-electron chi connectivity index (χ4n) is 3.52. The van der Waals surface area contributed by atoms with E-state index in [-0.39, 0.29) is 11.7 Å². The standard InChI is InChI=1S/C25H25N5O2S/c1-4-18-8-5-7-17(2)23(18)27-22(31)16-33-25-29-28-24(19-9-6-14-26-15-19)30(25)20-10-12-21(32-3)13-11-20/h5-15H,4,16H2,1-3H3,(H,27,31). The van der Waals surface area contributed by atoms with Crippen LogP contribution in [0.3, 0.4) is 0 Å². The first-order chi connectivity index (χ1) is 16.1. The van der Waals surface area contributed by atoms with Crippen molar-refractivity contribution in [1.82, 2.24) is 19.7 Å². The number of para-hydroxylation sites is 1. The number of aryl methyl sites for hydroxylation is 2. The Labute approximate surface area is 197 Å². The van der Waals surface area contributed by atoms with Crippen molar-refractivity contribution in [3.8, 4) is 22.8 Å². The summed E-state index contributed by atoms with van der Waals surface area (Å²) in [6.07, 6.45) is 4.31. The number of anilines is 1. The molecule has 33 heavy (non-hydrogen) atoms. The van der Waals surface area contributed by atoms with Crippen molar-refractivity contribution in [3.05, 3.63) is 78.1 Å². The molecule has 0 bridgehead atoms. The maximum Gasteiger partial charge on any atom is 0.234 e. The van der Waals surface area contributed by atoms with Crippen LogP contribution in [0.1, 0.15) is 18.1 Å². The summed E-state index contributed by atoms with van der Waals surface area (Å²) in [5, 5.41) is 12.5. The lowest BCUT2D eigenvalue weighted by molar-refractivity contribution is -0.113. The number of benzene rings is 2. The number of nitrogens with one attached hydrogen (secondary N) is 1. The van der Waals surface area contributed by atoms with Gasteiger partial charge >= 0.3 is 0 Å². The Bertz CT molecular complexity index is 1240. The van der Waals surface area contributed by atoms with Gasteiger partial charge in [-0.1, -0.05) is 36.9 Å². The minimum atomic E-state index is -0.0868. The van der Waals surface area contributed by atoms with Crippen LogP contribution in [-0.2, 0) is 11.2 Å². The molecule has 0 unspecified atom stereocenters. The predicted octanol–water partition coefficient (Wildman–Crippen LogP) is 4.94. The van der Waals surface area contributed by atoms with E-state index >= 15 is 0 Å². The summed E-state index contributed by atoms with van der Waals surface area (Å²) in [7, 11) is 1.63. The highest BCUT2D eigenvalue weighted by atomic mass is 32.2. The van der Waals surface area contributed by atoms with E-state index in [0.717, 1.165) is 40.2 Å². The van der Waals surface area contributed by atoms with Gasteiger partial charge in [-0.25, -0.2) is 0 Å². The van der Waals surface area contributed by atoms with Crippen molar-refractivity contribution >= 4 is 23.4 Å².